The van der Waals surface area contributed by atoms with E-state index >= 15 is 0 Å². The fourth-order valence-corrected chi connectivity index (χ4v) is 3.21. The molecule has 0 amide bonds. The highest BCUT2D eigenvalue weighted by Gasteiger charge is 2.16. The van der Waals surface area contributed by atoms with Crippen LogP contribution in [0.4, 0.5) is 5.69 Å². The maximum Gasteiger partial charge on any atom is 0.196 e. The Bertz CT molecular complexity index is 894. The molecular weight excluding hydrogens is 348 g/mol. The van der Waals surface area contributed by atoms with Gasteiger partial charge in [-0.3, -0.25) is 0 Å². The highest BCUT2D eigenvalue weighted by atomic mass is 16.5. The third-order valence-electron chi connectivity index (χ3n) is 4.73. The van der Waals surface area contributed by atoms with E-state index < -0.39 is 0 Å². The Labute approximate surface area is 166 Å². The van der Waals surface area contributed by atoms with E-state index in [-0.39, 0.29) is 5.92 Å². The number of nitrogens with zero attached hydrogens (tertiary/aromatic N) is 2. The number of hydrogen-bond donors (Lipinski definition) is 2. The summed E-state index contributed by atoms with van der Waals surface area (Å²) in [6.07, 6.45) is 0. The summed E-state index contributed by atoms with van der Waals surface area (Å²) in [5, 5.41) is 10.9. The number of hydrogen-bond acceptors (Lipinski definition) is 3. The molecule has 3 aromatic rings. The molecule has 1 aromatic heterocycles. The number of nitrogens with one attached hydrogen (secondary N) is 2. The van der Waals surface area contributed by atoms with Crippen molar-refractivity contribution in [2.24, 2.45) is 4.99 Å². The molecule has 28 heavy (non-hydrogen) atoms. The molecule has 0 saturated heterocycles. The first-order valence-electron chi connectivity index (χ1n) is 9.61. The van der Waals surface area contributed by atoms with Gasteiger partial charge in [0.15, 0.2) is 5.96 Å². The van der Waals surface area contributed by atoms with Gasteiger partial charge in [-0.2, -0.15) is 0 Å². The van der Waals surface area contributed by atoms with Crippen molar-refractivity contribution >= 4 is 11.6 Å². The van der Waals surface area contributed by atoms with Gasteiger partial charge < -0.3 is 15.2 Å². The Morgan fingerprint density at radius 1 is 1.04 bits per heavy atom. The van der Waals surface area contributed by atoms with Crippen LogP contribution in [0.1, 0.15) is 41.0 Å². The summed E-state index contributed by atoms with van der Waals surface area (Å²) < 4.78 is 5.31. The van der Waals surface area contributed by atoms with E-state index in [0.29, 0.717) is 6.54 Å². The largest absolute Gasteiger partial charge is 0.361 e. The van der Waals surface area contributed by atoms with Crippen LogP contribution in [0.3, 0.4) is 0 Å². The van der Waals surface area contributed by atoms with Gasteiger partial charge in [0.05, 0.1) is 12.2 Å². The Kier molecular flexibility index (Phi) is 6.48. The third kappa shape index (κ3) is 5.22. The van der Waals surface area contributed by atoms with E-state index in [4.69, 9.17) is 9.52 Å². The molecule has 1 unspecified atom stereocenters. The van der Waals surface area contributed by atoms with Gasteiger partial charge >= 0.3 is 0 Å². The number of aryl methyl sites for hydroxylation is 3. The molecule has 146 valence electrons. The monoisotopic (exact) mass is 376 g/mol. The number of para-hydroxylation sites is 1. The van der Waals surface area contributed by atoms with Crippen LogP contribution >= 0.6 is 0 Å². The van der Waals surface area contributed by atoms with E-state index in [0.717, 1.165) is 35.2 Å². The summed E-state index contributed by atoms with van der Waals surface area (Å²) in [6, 6.07) is 18.5. The van der Waals surface area contributed by atoms with Crippen LogP contribution in [0.25, 0.3) is 0 Å². The molecule has 0 bridgehead atoms. The first kappa shape index (κ1) is 19.7. The standard InChI is InChI=1S/C23H28N4O/c1-16-10-12-20(13-11-16)15-25-23(26-21-8-6-5-7-9-21)24-14-17(2)22-18(3)27-28-19(22)4/h5-13,17H,14-15H2,1-4H3,(H2,24,25,26). The van der Waals surface area contributed by atoms with Gasteiger partial charge in [0.2, 0.25) is 0 Å². The average Bonchev–Trinajstić information content (AvgIpc) is 3.04. The van der Waals surface area contributed by atoms with Crippen molar-refractivity contribution in [3.63, 3.8) is 0 Å². The Morgan fingerprint density at radius 3 is 2.39 bits per heavy atom. The van der Waals surface area contributed by atoms with Crippen molar-refractivity contribution in [3.05, 3.63) is 82.7 Å². The Hall–Kier alpha value is -3.08. The quantitative estimate of drug-likeness (QED) is 0.471. The second-order valence-electron chi connectivity index (χ2n) is 7.16. The Balaban J connectivity index is 1.71. The number of guanidine groups is 1. The molecule has 5 heteroatoms. The predicted octanol–water partition coefficient (Wildman–Crippen LogP) is 4.96. The maximum atomic E-state index is 5.31. The number of aromatic nitrogens is 1. The van der Waals surface area contributed by atoms with Crippen LogP contribution in [0.2, 0.25) is 0 Å². The molecule has 2 N–H and O–H groups in total. The molecule has 2 aromatic carbocycles. The highest BCUT2D eigenvalue weighted by Crippen LogP contribution is 2.22. The van der Waals surface area contributed by atoms with Crippen LogP contribution in [0.15, 0.2) is 64.1 Å². The van der Waals surface area contributed by atoms with Crippen LogP contribution < -0.4 is 10.6 Å². The normalized spacial score (nSPS) is 12.6. The van der Waals surface area contributed by atoms with Gasteiger partial charge in [0.1, 0.15) is 5.76 Å². The van der Waals surface area contributed by atoms with E-state index in [9.17, 15) is 0 Å². The van der Waals surface area contributed by atoms with Gasteiger partial charge in [-0.15, -0.1) is 0 Å². The predicted molar refractivity (Wildman–Crippen MR) is 115 cm³/mol. The fraction of sp³-hybridized carbons (Fsp3) is 0.304. The number of aliphatic imine (C=N–C) groups is 1. The van der Waals surface area contributed by atoms with Gasteiger partial charge in [-0.1, -0.05) is 60.1 Å². The zero-order valence-corrected chi connectivity index (χ0v) is 17.0. The van der Waals surface area contributed by atoms with Crippen molar-refractivity contribution in [2.45, 2.75) is 40.2 Å². The number of benzene rings is 2. The van der Waals surface area contributed by atoms with Crippen molar-refractivity contribution in [1.29, 1.82) is 0 Å². The number of rotatable bonds is 6. The summed E-state index contributed by atoms with van der Waals surface area (Å²) in [6.45, 7) is 9.54. The first-order chi connectivity index (χ1) is 13.5. The average molecular weight is 377 g/mol. The number of anilines is 1. The molecule has 0 radical (unpaired) electrons. The van der Waals surface area contributed by atoms with Crippen molar-refractivity contribution in [3.8, 4) is 0 Å². The molecule has 1 atom stereocenters. The van der Waals surface area contributed by atoms with Crippen LogP contribution in [-0.4, -0.2) is 17.7 Å². The molecule has 0 fully saturated rings. The van der Waals surface area contributed by atoms with Crippen molar-refractivity contribution in [1.82, 2.24) is 10.5 Å². The topological polar surface area (TPSA) is 62.5 Å². The smallest absolute Gasteiger partial charge is 0.196 e. The summed E-state index contributed by atoms with van der Waals surface area (Å²) in [5.74, 6) is 1.89. The van der Waals surface area contributed by atoms with Crippen LogP contribution in [0, 0.1) is 20.8 Å². The molecule has 0 aliphatic heterocycles. The first-order valence-corrected chi connectivity index (χ1v) is 9.61. The molecule has 1 heterocycles. The third-order valence-corrected chi connectivity index (χ3v) is 4.73. The van der Waals surface area contributed by atoms with Crippen molar-refractivity contribution < 1.29 is 4.52 Å². The van der Waals surface area contributed by atoms with E-state index in [2.05, 4.69) is 53.9 Å². The van der Waals surface area contributed by atoms with E-state index in [1.807, 2.05) is 44.2 Å². The molecule has 5 nitrogen and oxygen atoms in total. The summed E-state index contributed by atoms with van der Waals surface area (Å²) in [7, 11) is 0. The summed E-state index contributed by atoms with van der Waals surface area (Å²) >= 11 is 0. The minimum Gasteiger partial charge on any atom is -0.361 e. The fourth-order valence-electron chi connectivity index (χ4n) is 3.21. The molecule has 0 saturated carbocycles. The second-order valence-corrected chi connectivity index (χ2v) is 7.16. The second kappa shape index (κ2) is 9.22. The van der Waals surface area contributed by atoms with Crippen LogP contribution in [0.5, 0.6) is 0 Å². The molecule has 0 aliphatic rings. The lowest BCUT2D eigenvalue weighted by Crippen LogP contribution is -2.33. The van der Waals surface area contributed by atoms with E-state index in [1.54, 1.807) is 0 Å². The lowest BCUT2D eigenvalue weighted by molar-refractivity contribution is 0.391. The minimum atomic E-state index is 0.258. The van der Waals surface area contributed by atoms with Gasteiger partial charge in [0.25, 0.3) is 0 Å². The highest BCUT2D eigenvalue weighted by molar-refractivity contribution is 5.93. The lowest BCUT2D eigenvalue weighted by Gasteiger charge is -2.17. The zero-order valence-electron chi connectivity index (χ0n) is 17.0. The van der Waals surface area contributed by atoms with Gasteiger partial charge in [-0.25, -0.2) is 4.99 Å². The molecule has 3 rings (SSSR count). The Morgan fingerprint density at radius 2 is 1.75 bits per heavy atom. The zero-order chi connectivity index (χ0) is 19.9. The van der Waals surface area contributed by atoms with Gasteiger partial charge in [0, 0.05) is 23.7 Å². The van der Waals surface area contributed by atoms with Gasteiger partial charge in [-0.05, 0) is 38.5 Å². The lowest BCUT2D eigenvalue weighted by atomic mass is 10.00. The SMILES string of the molecule is Cc1ccc(CN=C(NCC(C)c2c(C)noc2C)Nc2ccccc2)cc1. The molecule has 0 aliphatic carbocycles. The molecule has 0 spiro atoms. The van der Waals surface area contributed by atoms with Crippen LogP contribution in [-0.2, 0) is 6.54 Å². The summed E-state index contributed by atoms with van der Waals surface area (Å²) in [5.41, 5.74) is 5.54. The maximum absolute atomic E-state index is 5.31. The summed E-state index contributed by atoms with van der Waals surface area (Å²) in [4.78, 5) is 4.77. The minimum absolute atomic E-state index is 0.258. The van der Waals surface area contributed by atoms with Crippen molar-refractivity contribution in [2.75, 3.05) is 11.9 Å². The van der Waals surface area contributed by atoms with E-state index in [1.165, 1.54) is 11.1 Å². The molecular formula is C23H28N4O.